The fourth-order valence-corrected chi connectivity index (χ4v) is 3.52. The molecule has 2 aliphatic rings. The Kier molecular flexibility index (Phi) is 9.30. The molecule has 3 rings (SSSR count). The number of nitrogens with zero attached hydrogens (tertiary/aromatic N) is 1. The summed E-state index contributed by atoms with van der Waals surface area (Å²) < 4.78 is 5.34. The first kappa shape index (κ1) is 22.5. The predicted molar refractivity (Wildman–Crippen MR) is 110 cm³/mol. The molecule has 0 unspecified atom stereocenters. The van der Waals surface area contributed by atoms with Crippen LogP contribution in [0, 0.1) is 0 Å². The number of benzene rings is 1. The Morgan fingerprint density at radius 3 is 2.14 bits per heavy atom. The van der Waals surface area contributed by atoms with Gasteiger partial charge in [-0.3, -0.25) is 10.6 Å². The number of carboxylic acids is 1. The SMILES string of the molecule is NN/C(C(=O)O)=C(\N)OC1CCCCC1.O=C(c1ccccc1)N1CCCCC1. The molecule has 6 N–H and O–H groups in total. The van der Waals surface area contributed by atoms with Crippen LogP contribution in [0.2, 0.25) is 0 Å². The number of nitrogens with one attached hydrogen (secondary N) is 1. The zero-order valence-electron chi connectivity index (χ0n) is 16.8. The van der Waals surface area contributed by atoms with E-state index in [0.717, 1.165) is 57.2 Å². The van der Waals surface area contributed by atoms with Crippen molar-refractivity contribution in [2.75, 3.05) is 13.1 Å². The lowest BCUT2D eigenvalue weighted by Gasteiger charge is -2.26. The van der Waals surface area contributed by atoms with Crippen LogP contribution in [0.15, 0.2) is 41.9 Å². The van der Waals surface area contributed by atoms with Gasteiger partial charge in [-0.1, -0.05) is 24.6 Å². The van der Waals surface area contributed by atoms with Gasteiger partial charge in [0.2, 0.25) is 5.88 Å². The topological polar surface area (TPSA) is 131 Å². The number of carboxylic acid groups (broad SMARTS) is 1. The van der Waals surface area contributed by atoms with Crippen molar-refractivity contribution < 1.29 is 19.4 Å². The summed E-state index contributed by atoms with van der Waals surface area (Å²) in [6.45, 7) is 1.85. The molecule has 29 heavy (non-hydrogen) atoms. The maximum Gasteiger partial charge on any atom is 0.358 e. The van der Waals surface area contributed by atoms with Gasteiger partial charge >= 0.3 is 5.97 Å². The number of hydrazine groups is 1. The van der Waals surface area contributed by atoms with E-state index in [-0.39, 0.29) is 23.6 Å². The lowest BCUT2D eigenvalue weighted by Crippen LogP contribution is -2.35. The van der Waals surface area contributed by atoms with E-state index in [4.69, 9.17) is 21.4 Å². The third-order valence-corrected chi connectivity index (χ3v) is 5.11. The molecule has 1 aromatic rings. The van der Waals surface area contributed by atoms with E-state index in [1.165, 1.54) is 12.8 Å². The third kappa shape index (κ3) is 7.30. The highest BCUT2D eigenvalue weighted by Gasteiger charge is 2.19. The molecule has 0 aromatic heterocycles. The Balaban J connectivity index is 0.000000207. The summed E-state index contributed by atoms with van der Waals surface area (Å²) in [5.74, 6) is 3.86. The Morgan fingerprint density at radius 1 is 1.00 bits per heavy atom. The Morgan fingerprint density at radius 2 is 1.59 bits per heavy atom. The summed E-state index contributed by atoms with van der Waals surface area (Å²) in [6, 6.07) is 9.54. The molecule has 1 heterocycles. The third-order valence-electron chi connectivity index (χ3n) is 5.11. The van der Waals surface area contributed by atoms with Crippen molar-refractivity contribution in [1.82, 2.24) is 10.3 Å². The standard InChI is InChI=1S/C12H15NO.C9H17N3O3/c14-12(11-7-3-1-4-8-11)13-9-5-2-6-10-13;10-8(7(12-11)9(13)14)15-6-4-2-1-3-5-6/h1,3-4,7-8H,2,5-6,9-10H2;6,12H,1-5,10-11H2,(H,13,14)/b;8-7+. The van der Waals surface area contributed by atoms with Crippen molar-refractivity contribution in [3.63, 3.8) is 0 Å². The van der Waals surface area contributed by atoms with Crippen LogP contribution in [0.3, 0.4) is 0 Å². The second-order valence-electron chi connectivity index (χ2n) is 7.29. The number of carbonyl (C=O) groups excluding carboxylic acids is 1. The van der Waals surface area contributed by atoms with Gasteiger partial charge in [0, 0.05) is 18.7 Å². The Labute approximate surface area is 171 Å². The highest BCUT2D eigenvalue weighted by atomic mass is 16.5. The molecular formula is C21H32N4O4. The molecule has 2 fully saturated rings. The van der Waals surface area contributed by atoms with Gasteiger partial charge in [0.05, 0.1) is 0 Å². The minimum absolute atomic E-state index is 0.0152. The number of ether oxygens (including phenoxy) is 1. The molecule has 0 spiro atoms. The van der Waals surface area contributed by atoms with Crippen LogP contribution in [-0.2, 0) is 9.53 Å². The van der Waals surface area contributed by atoms with E-state index in [9.17, 15) is 9.59 Å². The average Bonchev–Trinajstić information content (AvgIpc) is 2.76. The number of carbonyl (C=O) groups is 2. The second-order valence-corrected chi connectivity index (χ2v) is 7.29. The van der Waals surface area contributed by atoms with E-state index in [1.807, 2.05) is 40.7 Å². The van der Waals surface area contributed by atoms with Gasteiger partial charge in [-0.15, -0.1) is 0 Å². The van der Waals surface area contributed by atoms with E-state index < -0.39 is 5.97 Å². The molecule has 1 aliphatic carbocycles. The van der Waals surface area contributed by atoms with E-state index in [0.29, 0.717) is 0 Å². The number of nitrogens with two attached hydrogens (primary N) is 2. The van der Waals surface area contributed by atoms with E-state index in [1.54, 1.807) is 0 Å². The molecule has 8 heteroatoms. The molecular weight excluding hydrogens is 372 g/mol. The molecule has 8 nitrogen and oxygen atoms in total. The summed E-state index contributed by atoms with van der Waals surface area (Å²) in [4.78, 5) is 24.5. The van der Waals surface area contributed by atoms with Crippen molar-refractivity contribution in [2.45, 2.75) is 57.5 Å². The number of rotatable bonds is 5. The lowest BCUT2D eigenvalue weighted by molar-refractivity contribution is -0.133. The fraction of sp³-hybridized carbons (Fsp3) is 0.524. The quantitative estimate of drug-likeness (QED) is 0.256. The number of amides is 1. The number of piperidine rings is 1. The number of aliphatic carboxylic acids is 1. The molecule has 1 aromatic carbocycles. The summed E-state index contributed by atoms with van der Waals surface area (Å²) in [5, 5.41) is 8.71. The minimum atomic E-state index is -1.22. The highest BCUT2D eigenvalue weighted by molar-refractivity contribution is 5.94. The van der Waals surface area contributed by atoms with Crippen LogP contribution in [0.5, 0.6) is 0 Å². The van der Waals surface area contributed by atoms with Gasteiger partial charge in [0.15, 0.2) is 5.70 Å². The van der Waals surface area contributed by atoms with Crippen LogP contribution < -0.4 is 17.0 Å². The average molecular weight is 405 g/mol. The van der Waals surface area contributed by atoms with Gasteiger partial charge in [0.1, 0.15) is 6.10 Å². The van der Waals surface area contributed by atoms with Gasteiger partial charge < -0.3 is 25.9 Å². The zero-order valence-corrected chi connectivity index (χ0v) is 16.8. The lowest BCUT2D eigenvalue weighted by atomic mass is 9.98. The van der Waals surface area contributed by atoms with Crippen molar-refractivity contribution >= 4 is 11.9 Å². The van der Waals surface area contributed by atoms with E-state index >= 15 is 0 Å². The molecule has 160 valence electrons. The van der Waals surface area contributed by atoms with E-state index in [2.05, 4.69) is 0 Å². The van der Waals surface area contributed by atoms with Gasteiger partial charge in [0.25, 0.3) is 5.91 Å². The Bertz CT molecular complexity index is 681. The van der Waals surface area contributed by atoms with Crippen LogP contribution in [0.4, 0.5) is 0 Å². The van der Waals surface area contributed by atoms with Crippen LogP contribution in [0.25, 0.3) is 0 Å². The molecule has 1 aliphatic heterocycles. The number of likely N-dealkylation sites (tertiary alicyclic amines) is 1. The summed E-state index contributed by atoms with van der Waals surface area (Å²) in [6.07, 6.45) is 8.80. The molecule has 0 bridgehead atoms. The number of hydrogen-bond donors (Lipinski definition) is 4. The van der Waals surface area contributed by atoms with Gasteiger partial charge in [-0.25, -0.2) is 4.79 Å². The first-order valence-corrected chi connectivity index (χ1v) is 10.2. The fourth-order valence-electron chi connectivity index (χ4n) is 3.52. The predicted octanol–water partition coefficient (Wildman–Crippen LogP) is 2.32. The first-order valence-electron chi connectivity index (χ1n) is 10.2. The monoisotopic (exact) mass is 404 g/mol. The van der Waals surface area contributed by atoms with Crippen LogP contribution in [-0.4, -0.2) is 41.1 Å². The second kappa shape index (κ2) is 12.0. The summed E-state index contributed by atoms with van der Waals surface area (Å²) >= 11 is 0. The largest absolute Gasteiger partial charge is 0.476 e. The van der Waals surface area contributed by atoms with Crippen molar-refractivity contribution in [2.24, 2.45) is 11.6 Å². The highest BCUT2D eigenvalue weighted by Crippen LogP contribution is 2.21. The molecule has 1 saturated heterocycles. The number of hydrogen-bond acceptors (Lipinski definition) is 6. The van der Waals surface area contributed by atoms with Crippen molar-refractivity contribution in [1.29, 1.82) is 0 Å². The first-order chi connectivity index (χ1) is 14.0. The Hall–Kier alpha value is -2.74. The maximum absolute atomic E-state index is 11.9. The molecule has 1 saturated carbocycles. The van der Waals surface area contributed by atoms with Crippen LogP contribution in [0.1, 0.15) is 61.7 Å². The van der Waals surface area contributed by atoms with Crippen molar-refractivity contribution in [3.8, 4) is 0 Å². The minimum Gasteiger partial charge on any atom is -0.476 e. The normalized spacial score (nSPS) is 18.0. The van der Waals surface area contributed by atoms with Crippen LogP contribution >= 0.6 is 0 Å². The van der Waals surface area contributed by atoms with Crippen molar-refractivity contribution in [3.05, 3.63) is 47.5 Å². The van der Waals surface area contributed by atoms with Gasteiger partial charge in [-0.05, 0) is 57.1 Å². The molecule has 0 radical (unpaired) electrons. The molecule has 0 atom stereocenters. The molecule has 1 amide bonds. The smallest absolute Gasteiger partial charge is 0.358 e. The van der Waals surface area contributed by atoms with Gasteiger partial charge in [-0.2, -0.15) is 0 Å². The summed E-state index contributed by atoms with van der Waals surface area (Å²) in [5.41, 5.74) is 8.04. The maximum atomic E-state index is 11.9. The summed E-state index contributed by atoms with van der Waals surface area (Å²) in [7, 11) is 0. The zero-order chi connectivity index (χ0) is 21.1.